The Morgan fingerprint density at radius 2 is 2.06 bits per heavy atom. The largest absolute Gasteiger partial charge is 0.394 e. The number of rotatable bonds is 5. The van der Waals surface area contributed by atoms with Crippen molar-refractivity contribution in [1.82, 2.24) is 5.32 Å². The first-order valence-corrected chi connectivity index (χ1v) is 6.33. The molecule has 0 saturated heterocycles. The van der Waals surface area contributed by atoms with Crippen LogP contribution < -0.4 is 11.1 Å². The van der Waals surface area contributed by atoms with Crippen LogP contribution in [0.5, 0.6) is 0 Å². The Bertz CT molecular complexity index is 258. The Kier molecular flexibility index (Phi) is 3.50. The molecule has 0 aromatic rings. The van der Waals surface area contributed by atoms with E-state index in [1.807, 2.05) is 0 Å². The predicted octanol–water partition coefficient (Wildman–Crippen LogP) is 0.535. The van der Waals surface area contributed by atoms with E-state index < -0.39 is 0 Å². The third kappa shape index (κ3) is 2.74. The van der Waals surface area contributed by atoms with E-state index in [0.717, 1.165) is 25.7 Å². The van der Waals surface area contributed by atoms with Crippen LogP contribution in [-0.2, 0) is 4.79 Å². The highest BCUT2D eigenvalue weighted by molar-refractivity contribution is 5.77. The zero-order valence-corrected chi connectivity index (χ0v) is 9.74. The highest BCUT2D eigenvalue weighted by Gasteiger charge is 2.36. The quantitative estimate of drug-likeness (QED) is 0.640. The zero-order valence-electron chi connectivity index (χ0n) is 9.74. The number of amides is 1. The lowest BCUT2D eigenvalue weighted by Crippen LogP contribution is -2.50. The molecule has 2 saturated carbocycles. The number of aliphatic hydroxyl groups excluding tert-OH is 1. The topological polar surface area (TPSA) is 75.4 Å². The predicted molar refractivity (Wildman–Crippen MR) is 61.7 cm³/mol. The van der Waals surface area contributed by atoms with Crippen molar-refractivity contribution in [3.05, 3.63) is 0 Å². The van der Waals surface area contributed by atoms with Gasteiger partial charge in [-0.2, -0.15) is 0 Å². The van der Waals surface area contributed by atoms with E-state index in [4.69, 9.17) is 5.73 Å². The molecule has 2 aliphatic rings. The van der Waals surface area contributed by atoms with Crippen LogP contribution >= 0.6 is 0 Å². The van der Waals surface area contributed by atoms with Crippen molar-refractivity contribution in [2.45, 2.75) is 56.5 Å². The van der Waals surface area contributed by atoms with Crippen LogP contribution in [-0.4, -0.2) is 29.2 Å². The van der Waals surface area contributed by atoms with Gasteiger partial charge in [-0.05, 0) is 31.6 Å². The maximum absolute atomic E-state index is 11.8. The lowest BCUT2D eigenvalue weighted by atomic mass is 9.98. The molecule has 1 unspecified atom stereocenters. The summed E-state index contributed by atoms with van der Waals surface area (Å²) < 4.78 is 0. The summed E-state index contributed by atoms with van der Waals surface area (Å²) in [5.74, 6) is 0.565. The van der Waals surface area contributed by atoms with Crippen molar-refractivity contribution < 1.29 is 9.90 Å². The maximum Gasteiger partial charge on any atom is 0.222 e. The van der Waals surface area contributed by atoms with Crippen LogP contribution in [0, 0.1) is 5.92 Å². The monoisotopic (exact) mass is 226 g/mol. The minimum Gasteiger partial charge on any atom is -0.394 e. The minimum atomic E-state index is -0.347. The molecule has 0 aromatic heterocycles. The van der Waals surface area contributed by atoms with Crippen LogP contribution in [0.2, 0.25) is 0 Å². The third-order valence-corrected chi connectivity index (χ3v) is 3.92. The fraction of sp³-hybridized carbons (Fsp3) is 0.917. The summed E-state index contributed by atoms with van der Waals surface area (Å²) in [5, 5.41) is 12.4. The summed E-state index contributed by atoms with van der Waals surface area (Å²) in [6, 6.07) is 0.0112. The molecule has 4 heteroatoms. The first kappa shape index (κ1) is 11.9. The van der Waals surface area contributed by atoms with E-state index in [-0.39, 0.29) is 24.1 Å². The maximum atomic E-state index is 11.8. The van der Waals surface area contributed by atoms with Crippen LogP contribution in [0.3, 0.4) is 0 Å². The molecule has 92 valence electrons. The van der Waals surface area contributed by atoms with Gasteiger partial charge in [-0.1, -0.05) is 12.8 Å². The normalized spacial score (nSPS) is 25.4. The average molecular weight is 226 g/mol. The van der Waals surface area contributed by atoms with Gasteiger partial charge in [-0.3, -0.25) is 4.79 Å². The zero-order chi connectivity index (χ0) is 11.6. The number of carbonyl (C=O) groups is 1. The number of carbonyl (C=O) groups excluding carboxylic acids is 1. The molecular weight excluding hydrogens is 204 g/mol. The Balaban J connectivity index is 1.80. The summed E-state index contributed by atoms with van der Waals surface area (Å²) in [6.07, 6.45) is 6.72. The minimum absolute atomic E-state index is 0.00958. The number of hydrogen-bond donors (Lipinski definition) is 3. The van der Waals surface area contributed by atoms with Crippen LogP contribution in [0.25, 0.3) is 0 Å². The lowest BCUT2D eigenvalue weighted by molar-refractivity contribution is -0.124. The van der Waals surface area contributed by atoms with Gasteiger partial charge in [-0.15, -0.1) is 0 Å². The van der Waals surface area contributed by atoms with Gasteiger partial charge in [0.2, 0.25) is 5.91 Å². The van der Waals surface area contributed by atoms with Crippen molar-refractivity contribution in [1.29, 1.82) is 0 Å². The Labute approximate surface area is 96.6 Å². The fourth-order valence-corrected chi connectivity index (χ4v) is 2.63. The van der Waals surface area contributed by atoms with Gasteiger partial charge < -0.3 is 16.2 Å². The Morgan fingerprint density at radius 1 is 1.44 bits per heavy atom. The molecule has 1 amide bonds. The third-order valence-electron chi connectivity index (χ3n) is 3.92. The first-order chi connectivity index (χ1) is 7.65. The molecule has 2 aliphatic carbocycles. The molecule has 0 aromatic carbocycles. The molecule has 4 N–H and O–H groups in total. The van der Waals surface area contributed by atoms with Gasteiger partial charge in [-0.25, -0.2) is 0 Å². The number of aliphatic hydroxyl groups is 1. The Morgan fingerprint density at radius 3 is 2.56 bits per heavy atom. The molecule has 2 fully saturated rings. The SMILES string of the molecule is NC(CC(=O)NC1(CO)CCCC1)C1CC1. The van der Waals surface area contributed by atoms with E-state index >= 15 is 0 Å². The van der Waals surface area contributed by atoms with Gasteiger partial charge in [0.25, 0.3) is 0 Å². The van der Waals surface area contributed by atoms with Crippen molar-refractivity contribution in [3.8, 4) is 0 Å². The molecule has 2 rings (SSSR count). The standard InChI is InChI=1S/C12H22N2O2/c13-10(9-3-4-9)7-11(16)14-12(8-15)5-1-2-6-12/h9-10,15H,1-8,13H2,(H,14,16). The molecule has 0 aliphatic heterocycles. The second kappa shape index (κ2) is 4.72. The molecule has 1 atom stereocenters. The van der Waals surface area contributed by atoms with E-state index in [2.05, 4.69) is 5.32 Å². The molecule has 0 spiro atoms. The van der Waals surface area contributed by atoms with Crippen LogP contribution in [0.1, 0.15) is 44.9 Å². The summed E-state index contributed by atoms with van der Waals surface area (Å²) in [5.41, 5.74) is 5.57. The van der Waals surface area contributed by atoms with Gasteiger partial charge in [0, 0.05) is 12.5 Å². The van der Waals surface area contributed by atoms with Crippen molar-refractivity contribution in [2.75, 3.05) is 6.61 Å². The van der Waals surface area contributed by atoms with E-state index in [9.17, 15) is 9.90 Å². The molecule has 16 heavy (non-hydrogen) atoms. The van der Waals surface area contributed by atoms with Crippen LogP contribution in [0.4, 0.5) is 0 Å². The highest BCUT2D eigenvalue weighted by atomic mass is 16.3. The number of nitrogens with one attached hydrogen (secondary N) is 1. The summed E-state index contributed by atoms with van der Waals surface area (Å²) in [7, 11) is 0. The lowest BCUT2D eigenvalue weighted by Gasteiger charge is -2.28. The van der Waals surface area contributed by atoms with E-state index in [0.29, 0.717) is 12.3 Å². The van der Waals surface area contributed by atoms with Gasteiger partial charge in [0.1, 0.15) is 0 Å². The number of hydrogen-bond acceptors (Lipinski definition) is 3. The van der Waals surface area contributed by atoms with E-state index in [1.165, 1.54) is 12.8 Å². The average Bonchev–Trinajstić information content (AvgIpc) is 3.01. The van der Waals surface area contributed by atoms with E-state index in [1.54, 1.807) is 0 Å². The second-order valence-electron chi connectivity index (χ2n) is 5.40. The highest BCUT2D eigenvalue weighted by Crippen LogP contribution is 2.33. The molecule has 0 bridgehead atoms. The second-order valence-corrected chi connectivity index (χ2v) is 5.40. The van der Waals surface area contributed by atoms with Crippen molar-refractivity contribution in [3.63, 3.8) is 0 Å². The van der Waals surface area contributed by atoms with Gasteiger partial charge in [0.15, 0.2) is 0 Å². The smallest absolute Gasteiger partial charge is 0.222 e. The summed E-state index contributed by atoms with van der Waals surface area (Å²) >= 11 is 0. The Hall–Kier alpha value is -0.610. The first-order valence-electron chi connectivity index (χ1n) is 6.33. The summed E-state index contributed by atoms with van der Waals surface area (Å²) in [4.78, 5) is 11.8. The van der Waals surface area contributed by atoms with Crippen molar-refractivity contribution in [2.24, 2.45) is 11.7 Å². The van der Waals surface area contributed by atoms with Gasteiger partial charge >= 0.3 is 0 Å². The number of nitrogens with two attached hydrogens (primary N) is 1. The van der Waals surface area contributed by atoms with Crippen LogP contribution in [0.15, 0.2) is 0 Å². The van der Waals surface area contributed by atoms with Gasteiger partial charge in [0.05, 0.1) is 12.1 Å². The summed E-state index contributed by atoms with van der Waals surface area (Å²) in [6.45, 7) is 0.0530. The molecule has 4 nitrogen and oxygen atoms in total. The van der Waals surface area contributed by atoms with Crippen molar-refractivity contribution >= 4 is 5.91 Å². The molecular formula is C12H22N2O2. The molecule has 0 heterocycles. The fourth-order valence-electron chi connectivity index (χ4n) is 2.63. The molecule has 0 radical (unpaired) electrons.